The second kappa shape index (κ2) is 9.93. The summed E-state index contributed by atoms with van der Waals surface area (Å²) in [5.74, 6) is 0.976. The van der Waals surface area contributed by atoms with Crippen molar-refractivity contribution in [2.45, 2.75) is 26.6 Å². The first kappa shape index (κ1) is 22.5. The Labute approximate surface area is 203 Å². The van der Waals surface area contributed by atoms with Crippen LogP contribution >= 0.6 is 0 Å². The first-order valence-corrected chi connectivity index (χ1v) is 11.6. The number of pyridine rings is 1. The number of rotatable bonds is 7. The van der Waals surface area contributed by atoms with Gasteiger partial charge in [0.05, 0.1) is 5.52 Å². The minimum absolute atomic E-state index is 0.0972. The Morgan fingerprint density at radius 1 is 0.914 bits per heavy atom. The van der Waals surface area contributed by atoms with Crippen LogP contribution in [0.4, 0.5) is 5.69 Å². The zero-order valence-corrected chi connectivity index (χ0v) is 19.5. The average molecular weight is 470 g/mol. The van der Waals surface area contributed by atoms with E-state index in [1.165, 1.54) is 4.57 Å². The number of aryl methyl sites for hydroxylation is 1. The number of anilines is 1. The standard InChI is InChI=1S/C28H27N3O4/c1-19-7-9-20(10-8-19)16-30-27(32)18-31-24-15-26-25(34-11-12-35-26)14-21(24)13-22(28(31)33)17-29-23-5-3-2-4-6-23/h2-10,13-15,29H,11-12,16-18H2,1H3,(H,30,32). The summed E-state index contributed by atoms with van der Waals surface area (Å²) in [5.41, 5.74) is 4.05. The van der Waals surface area contributed by atoms with Gasteiger partial charge in [0.1, 0.15) is 19.8 Å². The number of benzene rings is 3. The molecule has 1 aromatic heterocycles. The average Bonchev–Trinajstić information content (AvgIpc) is 2.88. The maximum absolute atomic E-state index is 13.5. The van der Waals surface area contributed by atoms with E-state index < -0.39 is 0 Å². The normalized spacial score (nSPS) is 12.4. The van der Waals surface area contributed by atoms with Crippen LogP contribution in [0.15, 0.2) is 77.6 Å². The number of fused-ring (bicyclic) bond motifs is 2. The fourth-order valence-electron chi connectivity index (χ4n) is 4.12. The lowest BCUT2D eigenvalue weighted by Gasteiger charge is -2.21. The van der Waals surface area contributed by atoms with Gasteiger partial charge in [0, 0.05) is 35.8 Å². The lowest BCUT2D eigenvalue weighted by molar-refractivity contribution is -0.121. The molecule has 0 radical (unpaired) electrons. The molecule has 5 rings (SSSR count). The van der Waals surface area contributed by atoms with Gasteiger partial charge in [-0.2, -0.15) is 0 Å². The molecule has 0 unspecified atom stereocenters. The van der Waals surface area contributed by atoms with Crippen LogP contribution in [0.3, 0.4) is 0 Å². The Kier molecular flexibility index (Phi) is 6.39. The predicted octanol–water partition coefficient (Wildman–Crippen LogP) is 4.01. The van der Waals surface area contributed by atoms with E-state index in [-0.39, 0.29) is 18.0 Å². The molecule has 0 saturated carbocycles. The monoisotopic (exact) mass is 469 g/mol. The molecule has 0 bridgehead atoms. The Balaban J connectivity index is 1.45. The first-order valence-electron chi connectivity index (χ1n) is 11.6. The number of amides is 1. The van der Waals surface area contributed by atoms with E-state index in [9.17, 15) is 9.59 Å². The fraction of sp³-hybridized carbons (Fsp3) is 0.214. The molecular formula is C28H27N3O4. The van der Waals surface area contributed by atoms with Gasteiger partial charge in [-0.3, -0.25) is 14.2 Å². The molecule has 4 aromatic rings. The van der Waals surface area contributed by atoms with E-state index in [0.717, 1.165) is 22.2 Å². The molecule has 2 heterocycles. The number of carbonyl (C=O) groups excluding carboxylic acids is 1. The minimum Gasteiger partial charge on any atom is -0.486 e. The SMILES string of the molecule is Cc1ccc(CNC(=O)Cn2c(=O)c(CNc3ccccc3)cc3cc4c(cc32)OCCO4)cc1. The Bertz CT molecular complexity index is 1410. The van der Waals surface area contributed by atoms with Crippen molar-refractivity contribution in [3.8, 4) is 11.5 Å². The summed E-state index contributed by atoms with van der Waals surface area (Å²) in [6.45, 7) is 3.57. The number of nitrogens with zero attached hydrogens (tertiary/aromatic N) is 1. The largest absolute Gasteiger partial charge is 0.486 e. The van der Waals surface area contributed by atoms with Crippen molar-refractivity contribution in [3.05, 3.63) is 99.8 Å². The highest BCUT2D eigenvalue weighted by molar-refractivity contribution is 5.86. The van der Waals surface area contributed by atoms with Crippen molar-refractivity contribution < 1.29 is 14.3 Å². The van der Waals surface area contributed by atoms with Gasteiger partial charge < -0.3 is 20.1 Å². The van der Waals surface area contributed by atoms with E-state index in [1.54, 1.807) is 6.07 Å². The Morgan fingerprint density at radius 2 is 1.63 bits per heavy atom. The zero-order valence-electron chi connectivity index (χ0n) is 19.5. The highest BCUT2D eigenvalue weighted by Gasteiger charge is 2.18. The van der Waals surface area contributed by atoms with Gasteiger partial charge in [-0.1, -0.05) is 48.0 Å². The molecule has 0 saturated heterocycles. The first-order chi connectivity index (χ1) is 17.1. The molecule has 0 atom stereocenters. The van der Waals surface area contributed by atoms with Crippen molar-refractivity contribution in [2.24, 2.45) is 0 Å². The van der Waals surface area contributed by atoms with Crippen LogP contribution < -0.4 is 25.7 Å². The molecule has 1 aliphatic rings. The van der Waals surface area contributed by atoms with E-state index in [1.807, 2.05) is 73.7 Å². The summed E-state index contributed by atoms with van der Waals surface area (Å²) in [5, 5.41) is 7.03. The molecule has 35 heavy (non-hydrogen) atoms. The third-order valence-electron chi connectivity index (χ3n) is 6.00. The third kappa shape index (κ3) is 5.14. The van der Waals surface area contributed by atoms with Gasteiger partial charge in [-0.15, -0.1) is 0 Å². The highest BCUT2D eigenvalue weighted by Crippen LogP contribution is 2.34. The molecule has 2 N–H and O–H groups in total. The molecule has 178 valence electrons. The van der Waals surface area contributed by atoms with Crippen molar-refractivity contribution in [1.82, 2.24) is 9.88 Å². The Morgan fingerprint density at radius 3 is 2.37 bits per heavy atom. The number of para-hydroxylation sites is 1. The Hall–Kier alpha value is -4.26. The second-order valence-corrected chi connectivity index (χ2v) is 8.60. The zero-order chi connectivity index (χ0) is 24.2. The van der Waals surface area contributed by atoms with Crippen molar-refractivity contribution in [3.63, 3.8) is 0 Å². The maximum atomic E-state index is 13.5. The number of aromatic nitrogens is 1. The van der Waals surface area contributed by atoms with Crippen LogP contribution in [0.25, 0.3) is 10.9 Å². The maximum Gasteiger partial charge on any atom is 0.256 e. The molecule has 0 spiro atoms. The summed E-state index contributed by atoms with van der Waals surface area (Å²) >= 11 is 0. The number of hydrogen-bond acceptors (Lipinski definition) is 5. The van der Waals surface area contributed by atoms with Gasteiger partial charge >= 0.3 is 0 Å². The quantitative estimate of drug-likeness (QED) is 0.428. The van der Waals surface area contributed by atoms with Gasteiger partial charge in [0.15, 0.2) is 11.5 Å². The molecule has 1 aliphatic heterocycles. The number of carbonyl (C=O) groups is 1. The van der Waals surface area contributed by atoms with E-state index in [4.69, 9.17) is 9.47 Å². The summed E-state index contributed by atoms with van der Waals surface area (Å²) in [6.07, 6.45) is 0. The third-order valence-corrected chi connectivity index (χ3v) is 6.00. The number of ether oxygens (including phenoxy) is 2. The van der Waals surface area contributed by atoms with Crippen LogP contribution in [0.5, 0.6) is 11.5 Å². The molecule has 7 nitrogen and oxygen atoms in total. The lowest BCUT2D eigenvalue weighted by Crippen LogP contribution is -2.34. The minimum atomic E-state index is -0.239. The second-order valence-electron chi connectivity index (χ2n) is 8.60. The van der Waals surface area contributed by atoms with Crippen molar-refractivity contribution >= 4 is 22.5 Å². The van der Waals surface area contributed by atoms with Gasteiger partial charge in [0.25, 0.3) is 5.56 Å². The van der Waals surface area contributed by atoms with Gasteiger partial charge in [-0.25, -0.2) is 0 Å². The van der Waals surface area contributed by atoms with Gasteiger partial charge in [-0.05, 0) is 36.8 Å². The van der Waals surface area contributed by atoms with Crippen molar-refractivity contribution in [1.29, 1.82) is 0 Å². The highest BCUT2D eigenvalue weighted by atomic mass is 16.6. The fourth-order valence-corrected chi connectivity index (χ4v) is 4.12. The predicted molar refractivity (Wildman–Crippen MR) is 136 cm³/mol. The number of hydrogen-bond donors (Lipinski definition) is 2. The molecular weight excluding hydrogens is 442 g/mol. The van der Waals surface area contributed by atoms with E-state index in [2.05, 4.69) is 10.6 Å². The topological polar surface area (TPSA) is 81.6 Å². The van der Waals surface area contributed by atoms with Crippen LogP contribution in [0, 0.1) is 6.92 Å². The van der Waals surface area contributed by atoms with Gasteiger partial charge in [0.2, 0.25) is 5.91 Å². The summed E-state index contributed by atoms with van der Waals surface area (Å²) in [6, 6.07) is 23.2. The van der Waals surface area contributed by atoms with Crippen LogP contribution in [0.1, 0.15) is 16.7 Å². The van der Waals surface area contributed by atoms with Crippen molar-refractivity contribution in [2.75, 3.05) is 18.5 Å². The van der Waals surface area contributed by atoms with E-state index >= 15 is 0 Å². The summed E-state index contributed by atoms with van der Waals surface area (Å²) < 4.78 is 13.0. The van der Waals surface area contributed by atoms with Crippen LogP contribution in [-0.4, -0.2) is 23.7 Å². The molecule has 3 aromatic carbocycles. The summed E-state index contributed by atoms with van der Waals surface area (Å²) in [7, 11) is 0. The lowest BCUT2D eigenvalue weighted by atomic mass is 10.1. The van der Waals surface area contributed by atoms with E-state index in [0.29, 0.717) is 48.9 Å². The number of nitrogens with one attached hydrogen (secondary N) is 2. The molecule has 1 amide bonds. The van der Waals surface area contributed by atoms with Crippen LogP contribution in [-0.2, 0) is 24.4 Å². The smallest absolute Gasteiger partial charge is 0.256 e. The molecule has 0 aliphatic carbocycles. The molecule has 7 heteroatoms. The summed E-state index contributed by atoms with van der Waals surface area (Å²) in [4.78, 5) is 26.4. The van der Waals surface area contributed by atoms with Crippen LogP contribution in [0.2, 0.25) is 0 Å². The molecule has 0 fully saturated rings.